The van der Waals surface area contributed by atoms with Crippen molar-refractivity contribution >= 4 is 11.6 Å². The van der Waals surface area contributed by atoms with Gasteiger partial charge >= 0.3 is 0 Å². The van der Waals surface area contributed by atoms with Gasteiger partial charge in [0.25, 0.3) is 0 Å². The molecule has 0 saturated carbocycles. The second-order valence-corrected chi connectivity index (χ2v) is 4.81. The van der Waals surface area contributed by atoms with E-state index in [1.165, 1.54) is 0 Å². The first-order valence-electron chi connectivity index (χ1n) is 6.93. The van der Waals surface area contributed by atoms with Crippen molar-refractivity contribution in [1.29, 1.82) is 0 Å². The van der Waals surface area contributed by atoms with Gasteiger partial charge in [0.1, 0.15) is 29.3 Å². The van der Waals surface area contributed by atoms with Gasteiger partial charge in [0.2, 0.25) is 0 Å². The van der Waals surface area contributed by atoms with Gasteiger partial charge in [0.15, 0.2) is 0 Å². The van der Waals surface area contributed by atoms with E-state index in [1.54, 1.807) is 18.6 Å². The van der Waals surface area contributed by atoms with Gasteiger partial charge in [-0.05, 0) is 13.0 Å². The predicted octanol–water partition coefficient (Wildman–Crippen LogP) is 1.19. The van der Waals surface area contributed by atoms with Gasteiger partial charge in [-0.25, -0.2) is 15.0 Å². The Balaban J connectivity index is 1.83. The Labute approximate surface area is 123 Å². The highest BCUT2D eigenvalue weighted by Gasteiger charge is 2.26. The third kappa shape index (κ3) is 2.92. The molecule has 0 amide bonds. The van der Waals surface area contributed by atoms with E-state index in [4.69, 9.17) is 4.74 Å². The van der Waals surface area contributed by atoms with E-state index >= 15 is 0 Å². The van der Waals surface area contributed by atoms with Crippen molar-refractivity contribution in [3.63, 3.8) is 0 Å². The van der Waals surface area contributed by atoms with Gasteiger partial charge in [0, 0.05) is 32.2 Å². The fourth-order valence-corrected chi connectivity index (χ4v) is 2.42. The van der Waals surface area contributed by atoms with Crippen LogP contribution in [0.1, 0.15) is 17.6 Å². The standard InChI is InChI=1S/C14H18N6O/c1-10-16-4-3-12(19-10)20-7-8-21-11(9-20)13-14(15-2)18-6-5-17-13/h3-6,11H,7-9H2,1-2H3,(H,15,18)/t11-/m0/s1. The minimum atomic E-state index is -0.120. The highest BCUT2D eigenvalue weighted by atomic mass is 16.5. The number of rotatable bonds is 3. The summed E-state index contributed by atoms with van der Waals surface area (Å²) >= 11 is 0. The summed E-state index contributed by atoms with van der Waals surface area (Å²) in [4.78, 5) is 19.5. The number of nitrogens with one attached hydrogen (secondary N) is 1. The smallest absolute Gasteiger partial charge is 0.150 e. The molecule has 1 fully saturated rings. The molecule has 0 aliphatic carbocycles. The molecule has 3 rings (SSSR count). The van der Waals surface area contributed by atoms with Gasteiger partial charge in [-0.3, -0.25) is 4.98 Å². The lowest BCUT2D eigenvalue weighted by Gasteiger charge is -2.33. The fourth-order valence-electron chi connectivity index (χ4n) is 2.42. The summed E-state index contributed by atoms with van der Waals surface area (Å²) in [5, 5.41) is 3.06. The molecule has 0 aromatic carbocycles. The number of nitrogens with zero attached hydrogens (tertiary/aromatic N) is 5. The van der Waals surface area contributed by atoms with Gasteiger partial charge in [-0.1, -0.05) is 0 Å². The average molecular weight is 286 g/mol. The van der Waals surface area contributed by atoms with Gasteiger partial charge in [-0.15, -0.1) is 0 Å². The molecule has 3 heterocycles. The molecule has 0 spiro atoms. The zero-order valence-corrected chi connectivity index (χ0v) is 12.2. The second kappa shape index (κ2) is 6.01. The average Bonchev–Trinajstić information content (AvgIpc) is 2.55. The van der Waals surface area contributed by atoms with Crippen LogP contribution in [0, 0.1) is 6.92 Å². The molecule has 1 saturated heterocycles. The zero-order valence-electron chi connectivity index (χ0n) is 12.2. The fraction of sp³-hybridized carbons (Fsp3) is 0.429. The van der Waals surface area contributed by atoms with E-state index in [0.717, 1.165) is 29.7 Å². The SMILES string of the molecule is CNc1nccnc1[C@@H]1CN(c2ccnc(C)n2)CCO1. The van der Waals surface area contributed by atoms with E-state index in [0.29, 0.717) is 13.2 Å². The largest absolute Gasteiger partial charge is 0.372 e. The lowest BCUT2D eigenvalue weighted by Crippen LogP contribution is -2.39. The van der Waals surface area contributed by atoms with Crippen molar-refractivity contribution in [1.82, 2.24) is 19.9 Å². The van der Waals surface area contributed by atoms with Crippen molar-refractivity contribution in [3.05, 3.63) is 36.2 Å². The van der Waals surface area contributed by atoms with Crippen LogP contribution in [-0.4, -0.2) is 46.7 Å². The Morgan fingerprint density at radius 3 is 2.90 bits per heavy atom. The maximum absolute atomic E-state index is 5.86. The second-order valence-electron chi connectivity index (χ2n) is 4.81. The van der Waals surface area contributed by atoms with E-state index < -0.39 is 0 Å². The minimum Gasteiger partial charge on any atom is -0.372 e. The Morgan fingerprint density at radius 1 is 1.24 bits per heavy atom. The maximum Gasteiger partial charge on any atom is 0.150 e. The summed E-state index contributed by atoms with van der Waals surface area (Å²) in [6.45, 7) is 4.03. The number of ether oxygens (including phenoxy) is 1. The number of hydrogen-bond donors (Lipinski definition) is 1. The summed E-state index contributed by atoms with van der Waals surface area (Å²) in [5.41, 5.74) is 0.829. The van der Waals surface area contributed by atoms with Crippen molar-refractivity contribution in [2.45, 2.75) is 13.0 Å². The molecule has 0 radical (unpaired) electrons. The monoisotopic (exact) mass is 286 g/mol. The molecule has 1 aliphatic heterocycles. The first kappa shape index (κ1) is 13.7. The number of aryl methyl sites for hydroxylation is 1. The first-order chi connectivity index (χ1) is 10.3. The third-order valence-electron chi connectivity index (χ3n) is 3.42. The molecule has 7 heteroatoms. The summed E-state index contributed by atoms with van der Waals surface area (Å²) < 4.78 is 5.86. The summed E-state index contributed by atoms with van der Waals surface area (Å²) in [7, 11) is 1.84. The highest BCUT2D eigenvalue weighted by Crippen LogP contribution is 2.26. The van der Waals surface area contributed by atoms with E-state index in [2.05, 4.69) is 30.2 Å². The van der Waals surface area contributed by atoms with Crippen LogP contribution < -0.4 is 10.2 Å². The van der Waals surface area contributed by atoms with E-state index in [-0.39, 0.29) is 6.10 Å². The number of morpholine rings is 1. The van der Waals surface area contributed by atoms with Crippen LogP contribution in [0.15, 0.2) is 24.7 Å². The molecule has 0 bridgehead atoms. The van der Waals surface area contributed by atoms with E-state index in [9.17, 15) is 0 Å². The van der Waals surface area contributed by atoms with Gasteiger partial charge in [-0.2, -0.15) is 0 Å². The van der Waals surface area contributed by atoms with Gasteiger partial charge in [0.05, 0.1) is 13.2 Å². The predicted molar refractivity (Wildman–Crippen MR) is 79.3 cm³/mol. The van der Waals surface area contributed by atoms with Crippen LogP contribution in [0.4, 0.5) is 11.6 Å². The molecule has 2 aromatic heterocycles. The van der Waals surface area contributed by atoms with E-state index in [1.807, 2.05) is 20.0 Å². The van der Waals surface area contributed by atoms with Crippen molar-refractivity contribution in [2.24, 2.45) is 0 Å². The van der Waals surface area contributed by atoms with Crippen LogP contribution in [0.5, 0.6) is 0 Å². The highest BCUT2D eigenvalue weighted by molar-refractivity contribution is 5.43. The third-order valence-corrected chi connectivity index (χ3v) is 3.42. The first-order valence-corrected chi connectivity index (χ1v) is 6.93. The molecule has 110 valence electrons. The number of aromatic nitrogens is 4. The Morgan fingerprint density at radius 2 is 2.10 bits per heavy atom. The number of hydrogen-bond acceptors (Lipinski definition) is 7. The molecular formula is C14H18N6O. The minimum absolute atomic E-state index is 0.120. The molecule has 1 atom stereocenters. The molecule has 2 aromatic rings. The van der Waals surface area contributed by atoms with Crippen LogP contribution in [0.25, 0.3) is 0 Å². The normalized spacial score (nSPS) is 18.6. The Bertz CT molecular complexity index is 620. The quantitative estimate of drug-likeness (QED) is 0.908. The molecule has 1 aliphatic rings. The van der Waals surface area contributed by atoms with Crippen molar-refractivity contribution < 1.29 is 4.74 Å². The molecule has 1 N–H and O–H groups in total. The molecule has 21 heavy (non-hydrogen) atoms. The lowest BCUT2D eigenvalue weighted by molar-refractivity contribution is 0.0370. The van der Waals surface area contributed by atoms with Crippen LogP contribution in [0.2, 0.25) is 0 Å². The summed E-state index contributed by atoms with van der Waals surface area (Å²) in [6, 6.07) is 1.92. The maximum atomic E-state index is 5.86. The lowest BCUT2D eigenvalue weighted by atomic mass is 10.2. The molecular weight excluding hydrogens is 268 g/mol. The van der Waals surface area contributed by atoms with Crippen LogP contribution >= 0.6 is 0 Å². The Kier molecular flexibility index (Phi) is 3.92. The van der Waals surface area contributed by atoms with Gasteiger partial charge < -0.3 is 15.0 Å². The topological polar surface area (TPSA) is 76.1 Å². The van der Waals surface area contributed by atoms with Crippen LogP contribution in [-0.2, 0) is 4.74 Å². The zero-order chi connectivity index (χ0) is 14.7. The van der Waals surface area contributed by atoms with Crippen LogP contribution in [0.3, 0.4) is 0 Å². The number of anilines is 2. The Hall–Kier alpha value is -2.28. The summed E-state index contributed by atoms with van der Waals surface area (Å²) in [6.07, 6.45) is 5.02. The molecule has 0 unspecified atom stereocenters. The molecule has 7 nitrogen and oxygen atoms in total. The van der Waals surface area contributed by atoms with Crippen molar-refractivity contribution in [2.75, 3.05) is 37.0 Å². The summed E-state index contributed by atoms with van der Waals surface area (Å²) in [5.74, 6) is 2.44. The van der Waals surface area contributed by atoms with Crippen molar-refractivity contribution in [3.8, 4) is 0 Å².